The number of aryl methyl sites for hydroxylation is 1. The molecule has 1 spiro atoms. The fourth-order valence-corrected chi connectivity index (χ4v) is 6.85. The summed E-state index contributed by atoms with van der Waals surface area (Å²) in [4.78, 5) is 13.4. The first-order chi connectivity index (χ1) is 19.2. The molecule has 2 saturated carbocycles. The van der Waals surface area contributed by atoms with Gasteiger partial charge in [-0.25, -0.2) is 27.6 Å². The fraction of sp³-hybridized carbons (Fsp3) is 0.556. The van der Waals surface area contributed by atoms with E-state index in [1.165, 1.54) is 12.8 Å². The lowest BCUT2D eigenvalue weighted by Gasteiger charge is -2.35. The van der Waals surface area contributed by atoms with Crippen molar-refractivity contribution in [2.45, 2.75) is 38.5 Å². The van der Waals surface area contributed by atoms with Crippen molar-refractivity contribution in [2.24, 2.45) is 17.3 Å². The van der Waals surface area contributed by atoms with Crippen LogP contribution in [0.2, 0.25) is 0 Å². The third kappa shape index (κ3) is 4.62. The Balaban J connectivity index is 1.17. The van der Waals surface area contributed by atoms with Gasteiger partial charge in [0, 0.05) is 37.6 Å². The van der Waals surface area contributed by atoms with Crippen molar-refractivity contribution in [3.63, 3.8) is 0 Å². The van der Waals surface area contributed by atoms with Gasteiger partial charge < -0.3 is 19.6 Å². The number of hydrogen-bond acceptors (Lipinski definition) is 8. The summed E-state index contributed by atoms with van der Waals surface area (Å²) >= 11 is 0. The molecular formula is C27H32F2N8O2S. The molecule has 0 bridgehead atoms. The highest BCUT2D eigenvalue weighted by Gasteiger charge is 2.72. The Labute approximate surface area is 233 Å². The molecule has 2 aliphatic carbocycles. The molecule has 2 aromatic heterocycles. The van der Waals surface area contributed by atoms with Crippen molar-refractivity contribution in [1.29, 1.82) is 0 Å². The van der Waals surface area contributed by atoms with Gasteiger partial charge in [0.25, 0.3) is 5.92 Å². The molecule has 10 nitrogen and oxygen atoms in total. The summed E-state index contributed by atoms with van der Waals surface area (Å²) in [6, 6.07) is 7.59. The molecule has 3 unspecified atom stereocenters. The van der Waals surface area contributed by atoms with Crippen LogP contribution in [0.3, 0.4) is 0 Å². The summed E-state index contributed by atoms with van der Waals surface area (Å²) in [6.45, 7) is 4.09. The largest absolute Gasteiger partial charge is 0.395 e. The molecule has 40 heavy (non-hydrogen) atoms. The van der Waals surface area contributed by atoms with Gasteiger partial charge in [0.05, 0.1) is 47.5 Å². The van der Waals surface area contributed by atoms with Gasteiger partial charge in [0.1, 0.15) is 16.7 Å². The summed E-state index contributed by atoms with van der Waals surface area (Å²) < 4.78 is 44.4. The van der Waals surface area contributed by atoms with Gasteiger partial charge in [0.15, 0.2) is 0 Å². The van der Waals surface area contributed by atoms with E-state index in [-0.39, 0.29) is 25.4 Å². The van der Waals surface area contributed by atoms with E-state index in [0.29, 0.717) is 28.4 Å². The average molecular weight is 571 g/mol. The third-order valence-electron chi connectivity index (χ3n) is 8.93. The number of aromatic nitrogens is 5. The van der Waals surface area contributed by atoms with Crippen molar-refractivity contribution in [3.05, 3.63) is 36.2 Å². The van der Waals surface area contributed by atoms with E-state index < -0.39 is 28.7 Å². The number of benzene rings is 1. The Morgan fingerprint density at radius 2 is 1.77 bits per heavy atom. The van der Waals surface area contributed by atoms with Crippen LogP contribution in [0.1, 0.15) is 31.4 Å². The van der Waals surface area contributed by atoms with Crippen LogP contribution < -0.4 is 14.5 Å². The number of fused-ring (bicyclic) bond motifs is 1. The fourth-order valence-electron chi connectivity index (χ4n) is 6.19. The summed E-state index contributed by atoms with van der Waals surface area (Å²) in [6.07, 6.45) is 6.74. The van der Waals surface area contributed by atoms with Crippen LogP contribution >= 0.6 is 0 Å². The number of aliphatic hydroxyl groups excluding tert-OH is 1. The summed E-state index contributed by atoms with van der Waals surface area (Å²) in [5, 5.41) is 18.0. The summed E-state index contributed by atoms with van der Waals surface area (Å²) in [7, 11) is -1.38. The van der Waals surface area contributed by atoms with Crippen LogP contribution in [0.15, 0.2) is 30.5 Å². The lowest BCUT2D eigenvalue weighted by Crippen LogP contribution is -2.35. The predicted molar refractivity (Wildman–Crippen MR) is 148 cm³/mol. The molecule has 0 amide bonds. The Hall–Kier alpha value is -3.19. The second kappa shape index (κ2) is 9.44. The molecule has 3 atom stereocenters. The maximum atomic E-state index is 13.7. The molecule has 212 valence electrons. The Morgan fingerprint density at radius 3 is 2.48 bits per heavy atom. The van der Waals surface area contributed by atoms with Gasteiger partial charge in [-0.15, -0.1) is 5.10 Å². The second-order valence-electron chi connectivity index (χ2n) is 11.6. The van der Waals surface area contributed by atoms with Crippen LogP contribution in [0.4, 0.5) is 26.1 Å². The smallest absolute Gasteiger partial charge is 0.258 e. The lowest BCUT2D eigenvalue weighted by atomic mass is 9.93. The number of piperidine rings is 2. The first-order valence-corrected chi connectivity index (χ1v) is 15.1. The number of aliphatic hydroxyl groups is 1. The molecule has 2 N–H and O–H groups in total. The van der Waals surface area contributed by atoms with Crippen LogP contribution in [-0.2, 0) is 11.0 Å². The zero-order chi connectivity index (χ0) is 27.6. The zero-order valence-electron chi connectivity index (χ0n) is 22.3. The SMILES string of the molecule is Cc1cc(-c2cn(-c3ccc(NS(=O)CCO)cc3N3CCC4(CC3)CC4)nn2)nc(N2CC3C(C2)C3(F)F)n1. The molecule has 2 aliphatic heterocycles. The first-order valence-electron chi connectivity index (χ1n) is 13.8. The Bertz CT molecular complexity index is 1450. The maximum Gasteiger partial charge on any atom is 0.258 e. The Morgan fingerprint density at radius 1 is 1.02 bits per heavy atom. The molecular weight excluding hydrogens is 538 g/mol. The highest BCUT2D eigenvalue weighted by molar-refractivity contribution is 7.86. The lowest BCUT2D eigenvalue weighted by molar-refractivity contribution is 0.0796. The monoisotopic (exact) mass is 570 g/mol. The molecule has 4 fully saturated rings. The minimum absolute atomic E-state index is 0.150. The zero-order valence-corrected chi connectivity index (χ0v) is 23.1. The molecule has 2 saturated heterocycles. The van der Waals surface area contributed by atoms with E-state index in [1.54, 1.807) is 4.68 Å². The summed E-state index contributed by atoms with van der Waals surface area (Å²) in [5.74, 6) is -3.18. The van der Waals surface area contributed by atoms with E-state index in [4.69, 9.17) is 5.11 Å². The van der Waals surface area contributed by atoms with E-state index in [0.717, 1.165) is 43.0 Å². The van der Waals surface area contributed by atoms with Gasteiger partial charge in [-0.3, -0.25) is 0 Å². The number of halogens is 2. The predicted octanol–water partition coefficient (Wildman–Crippen LogP) is 3.18. The number of alkyl halides is 2. The van der Waals surface area contributed by atoms with Crippen molar-refractivity contribution >= 4 is 28.3 Å². The van der Waals surface area contributed by atoms with E-state index in [2.05, 4.69) is 29.9 Å². The first kappa shape index (κ1) is 25.8. The van der Waals surface area contributed by atoms with E-state index in [1.807, 2.05) is 42.3 Å². The highest BCUT2D eigenvalue weighted by Crippen LogP contribution is 2.59. The van der Waals surface area contributed by atoms with E-state index >= 15 is 0 Å². The minimum atomic E-state index is -2.56. The normalized spacial score (nSPS) is 24.7. The molecule has 0 radical (unpaired) electrons. The number of nitrogens with zero attached hydrogens (tertiary/aromatic N) is 7. The summed E-state index contributed by atoms with van der Waals surface area (Å²) in [5.41, 5.74) is 4.93. The Kier molecular flexibility index (Phi) is 6.08. The number of hydrogen-bond donors (Lipinski definition) is 2. The van der Waals surface area contributed by atoms with E-state index in [9.17, 15) is 13.0 Å². The van der Waals surface area contributed by atoms with Gasteiger partial charge in [-0.05, 0) is 62.3 Å². The van der Waals surface area contributed by atoms with Gasteiger partial charge in [-0.2, -0.15) is 0 Å². The topological polar surface area (TPSA) is 112 Å². The quantitative estimate of drug-likeness (QED) is 0.425. The molecule has 3 aromatic rings. The molecule has 4 aliphatic rings. The van der Waals surface area contributed by atoms with Crippen molar-refractivity contribution in [2.75, 3.05) is 53.1 Å². The second-order valence-corrected chi connectivity index (χ2v) is 12.9. The van der Waals surface area contributed by atoms with Crippen LogP contribution in [-0.4, -0.2) is 78.7 Å². The van der Waals surface area contributed by atoms with Crippen molar-refractivity contribution < 1.29 is 18.1 Å². The van der Waals surface area contributed by atoms with Crippen molar-refractivity contribution in [3.8, 4) is 17.1 Å². The van der Waals surface area contributed by atoms with Crippen LogP contribution in [0.25, 0.3) is 17.1 Å². The molecule has 1 aromatic carbocycles. The number of rotatable bonds is 8. The molecule has 4 heterocycles. The van der Waals surface area contributed by atoms with Gasteiger partial charge >= 0.3 is 0 Å². The van der Waals surface area contributed by atoms with Gasteiger partial charge in [0.2, 0.25) is 5.95 Å². The average Bonchev–Trinajstić information content (AvgIpc) is 3.54. The van der Waals surface area contributed by atoms with Gasteiger partial charge in [-0.1, -0.05) is 5.21 Å². The minimum Gasteiger partial charge on any atom is -0.395 e. The standard InChI is InChI=1S/C27H32F2N8O2S/c1-17-12-21(31-25(30-17)36-14-19-20(15-36)27(19,28)29)22-16-37(34-32-22)23-3-2-18(33-40(39)11-10-38)13-24(23)35-8-6-26(4-5-26)7-9-35/h2-3,12-13,16,19-20,33,38H,4-11,14-15H2,1H3. The number of anilines is 3. The molecule has 13 heteroatoms. The van der Waals surface area contributed by atoms with Crippen molar-refractivity contribution in [1.82, 2.24) is 25.0 Å². The molecule has 7 rings (SSSR count). The maximum absolute atomic E-state index is 13.7. The third-order valence-corrected chi connectivity index (χ3v) is 9.95. The highest BCUT2D eigenvalue weighted by atomic mass is 32.2. The van der Waals surface area contributed by atoms with Crippen LogP contribution in [0, 0.1) is 24.2 Å². The van der Waals surface area contributed by atoms with Crippen LogP contribution in [0.5, 0.6) is 0 Å². The number of nitrogens with one attached hydrogen (secondary N) is 1.